The minimum atomic E-state index is -2.97. The van der Waals surface area contributed by atoms with E-state index in [1.807, 2.05) is 0 Å². The van der Waals surface area contributed by atoms with Crippen molar-refractivity contribution >= 4 is 23.3 Å². The third-order valence-electron chi connectivity index (χ3n) is 4.07. The molecular weight excluding hydrogens is 378 g/mol. The summed E-state index contributed by atoms with van der Waals surface area (Å²) in [6.45, 7) is 2.74. The van der Waals surface area contributed by atoms with Crippen LogP contribution in [0.5, 0.6) is 11.5 Å². The van der Waals surface area contributed by atoms with E-state index in [1.165, 1.54) is 6.07 Å². The Kier molecular flexibility index (Phi) is 6.95. The van der Waals surface area contributed by atoms with Crippen LogP contribution < -0.4 is 14.8 Å². The molecule has 148 valence electrons. The highest BCUT2D eigenvalue weighted by atomic mass is 32.1. The smallest absolute Gasteiger partial charge is 0.387 e. The van der Waals surface area contributed by atoms with E-state index in [4.69, 9.17) is 21.7 Å². The molecule has 1 aliphatic heterocycles. The van der Waals surface area contributed by atoms with Crippen LogP contribution in [0.2, 0.25) is 0 Å². The lowest BCUT2D eigenvalue weighted by Gasteiger charge is -2.35. The Balaban J connectivity index is 2.51. The molecule has 0 unspecified atom stereocenters. The molecule has 27 heavy (non-hydrogen) atoms. The predicted octanol–water partition coefficient (Wildman–Crippen LogP) is 3.38. The molecule has 0 fully saturated rings. The number of hydrogen-bond donors (Lipinski definition) is 1. The van der Waals surface area contributed by atoms with Gasteiger partial charge in [0.15, 0.2) is 16.6 Å². The molecule has 0 saturated carbocycles. The third kappa shape index (κ3) is 4.65. The maximum Gasteiger partial charge on any atom is 0.387 e. The standard InChI is InChI=1S/C18H22F2N2O4S/c1-5-24-13-9-11(7-8-12(13)26-17(19)20)15-14(16(23)25-6-2)10(3)22(4)18(27)21-15/h7-9,15,17H,5-6H2,1-4H3,(H,21,27)/t15-/m1/s1. The second kappa shape index (κ2) is 8.98. The van der Waals surface area contributed by atoms with Crippen LogP contribution in [0.4, 0.5) is 8.78 Å². The highest BCUT2D eigenvalue weighted by molar-refractivity contribution is 7.80. The van der Waals surface area contributed by atoms with Gasteiger partial charge in [-0.05, 0) is 50.7 Å². The lowest BCUT2D eigenvalue weighted by atomic mass is 9.95. The number of alkyl halides is 2. The number of carbonyl (C=O) groups excluding carboxylic acids is 1. The van der Waals surface area contributed by atoms with Gasteiger partial charge in [0.25, 0.3) is 0 Å². The fraction of sp³-hybridized carbons (Fsp3) is 0.444. The van der Waals surface area contributed by atoms with Crippen molar-refractivity contribution in [2.75, 3.05) is 20.3 Å². The van der Waals surface area contributed by atoms with Crippen LogP contribution in [0, 0.1) is 0 Å². The van der Waals surface area contributed by atoms with Gasteiger partial charge in [-0.3, -0.25) is 0 Å². The Morgan fingerprint density at radius 2 is 2.00 bits per heavy atom. The van der Waals surface area contributed by atoms with Crippen LogP contribution in [0.15, 0.2) is 29.5 Å². The summed E-state index contributed by atoms with van der Waals surface area (Å²) in [5.41, 5.74) is 1.64. The van der Waals surface area contributed by atoms with E-state index in [1.54, 1.807) is 44.9 Å². The lowest BCUT2D eigenvalue weighted by molar-refractivity contribution is -0.139. The first-order valence-electron chi connectivity index (χ1n) is 8.43. The molecule has 1 N–H and O–H groups in total. The molecule has 6 nitrogen and oxygen atoms in total. The van der Waals surface area contributed by atoms with Crippen LogP contribution in [0.1, 0.15) is 32.4 Å². The molecule has 1 aromatic carbocycles. The Labute approximate surface area is 162 Å². The van der Waals surface area contributed by atoms with Gasteiger partial charge in [0.1, 0.15) is 0 Å². The Hall–Kier alpha value is -2.42. The summed E-state index contributed by atoms with van der Waals surface area (Å²) in [7, 11) is 1.74. The number of esters is 1. The topological polar surface area (TPSA) is 60.0 Å². The molecule has 0 radical (unpaired) electrons. The summed E-state index contributed by atoms with van der Waals surface area (Å²) in [6.07, 6.45) is 0. The molecule has 1 heterocycles. The number of allylic oxidation sites excluding steroid dienone is 1. The van der Waals surface area contributed by atoms with Crippen LogP contribution >= 0.6 is 12.2 Å². The van der Waals surface area contributed by atoms with E-state index >= 15 is 0 Å². The van der Waals surface area contributed by atoms with E-state index in [-0.39, 0.29) is 24.7 Å². The van der Waals surface area contributed by atoms with Crippen molar-refractivity contribution in [2.24, 2.45) is 0 Å². The van der Waals surface area contributed by atoms with Crippen molar-refractivity contribution in [1.82, 2.24) is 10.2 Å². The fourth-order valence-electron chi connectivity index (χ4n) is 2.72. The van der Waals surface area contributed by atoms with Crippen LogP contribution in [-0.2, 0) is 9.53 Å². The molecule has 1 aromatic rings. The van der Waals surface area contributed by atoms with Gasteiger partial charge in [-0.25, -0.2) is 4.79 Å². The molecule has 1 aliphatic rings. The average Bonchev–Trinajstić information content (AvgIpc) is 2.60. The van der Waals surface area contributed by atoms with E-state index in [0.29, 0.717) is 21.9 Å². The lowest BCUT2D eigenvalue weighted by Crippen LogP contribution is -2.46. The molecule has 0 amide bonds. The minimum Gasteiger partial charge on any atom is -0.490 e. The van der Waals surface area contributed by atoms with Crippen molar-refractivity contribution in [3.8, 4) is 11.5 Å². The van der Waals surface area contributed by atoms with E-state index in [2.05, 4.69) is 10.1 Å². The van der Waals surface area contributed by atoms with Crippen molar-refractivity contribution in [3.05, 3.63) is 35.0 Å². The number of benzene rings is 1. The molecule has 0 spiro atoms. The number of hydrogen-bond acceptors (Lipinski definition) is 5. The second-order valence-corrected chi connectivity index (χ2v) is 6.07. The average molecular weight is 400 g/mol. The van der Waals surface area contributed by atoms with Gasteiger partial charge < -0.3 is 24.4 Å². The zero-order valence-corrected chi connectivity index (χ0v) is 16.4. The molecule has 0 aliphatic carbocycles. The molecular formula is C18H22F2N2O4S. The van der Waals surface area contributed by atoms with Gasteiger partial charge in [0.2, 0.25) is 0 Å². The summed E-state index contributed by atoms with van der Waals surface area (Å²) in [5.74, 6) is -0.403. The predicted molar refractivity (Wildman–Crippen MR) is 99.8 cm³/mol. The fourth-order valence-corrected chi connectivity index (χ4v) is 2.98. The van der Waals surface area contributed by atoms with Gasteiger partial charge in [0, 0.05) is 12.7 Å². The number of halogens is 2. The summed E-state index contributed by atoms with van der Waals surface area (Å²) in [4.78, 5) is 14.2. The highest BCUT2D eigenvalue weighted by Gasteiger charge is 2.34. The number of nitrogens with zero attached hydrogens (tertiary/aromatic N) is 1. The van der Waals surface area contributed by atoms with Crippen molar-refractivity contribution in [1.29, 1.82) is 0 Å². The Morgan fingerprint density at radius 3 is 2.59 bits per heavy atom. The quantitative estimate of drug-likeness (QED) is 0.556. The van der Waals surface area contributed by atoms with Gasteiger partial charge in [-0.15, -0.1) is 0 Å². The molecule has 1 atom stereocenters. The zero-order chi connectivity index (χ0) is 20.1. The first-order valence-corrected chi connectivity index (χ1v) is 8.84. The van der Waals surface area contributed by atoms with E-state index in [9.17, 15) is 13.6 Å². The van der Waals surface area contributed by atoms with Crippen LogP contribution in [0.3, 0.4) is 0 Å². The molecule has 0 saturated heterocycles. The Morgan fingerprint density at radius 1 is 1.30 bits per heavy atom. The molecule has 0 bridgehead atoms. The van der Waals surface area contributed by atoms with Gasteiger partial charge in [-0.2, -0.15) is 8.78 Å². The summed E-state index contributed by atoms with van der Waals surface area (Å²) < 4.78 is 40.3. The van der Waals surface area contributed by atoms with Crippen LogP contribution in [0.25, 0.3) is 0 Å². The van der Waals surface area contributed by atoms with Gasteiger partial charge >= 0.3 is 12.6 Å². The second-order valence-electron chi connectivity index (χ2n) is 5.68. The number of nitrogens with one attached hydrogen (secondary N) is 1. The van der Waals surface area contributed by atoms with Crippen LogP contribution in [-0.4, -0.2) is 42.9 Å². The summed E-state index contributed by atoms with van der Waals surface area (Å²) >= 11 is 5.33. The molecule has 2 rings (SSSR count). The Bertz CT molecular complexity index is 755. The third-order valence-corrected chi connectivity index (χ3v) is 4.46. The van der Waals surface area contributed by atoms with Gasteiger partial charge in [-0.1, -0.05) is 6.07 Å². The number of carbonyl (C=O) groups is 1. The highest BCUT2D eigenvalue weighted by Crippen LogP contribution is 2.36. The molecule has 9 heteroatoms. The number of thiocarbonyl (C=S) groups is 1. The molecule has 0 aromatic heterocycles. The first kappa shape index (κ1) is 20.9. The summed E-state index contributed by atoms with van der Waals surface area (Å²) in [6, 6.07) is 3.92. The first-order chi connectivity index (χ1) is 12.8. The van der Waals surface area contributed by atoms with Crippen molar-refractivity contribution in [2.45, 2.75) is 33.4 Å². The number of ether oxygens (including phenoxy) is 3. The summed E-state index contributed by atoms with van der Waals surface area (Å²) in [5, 5.41) is 3.51. The maximum absolute atomic E-state index is 12.6. The monoisotopic (exact) mass is 400 g/mol. The SMILES string of the molecule is CCOC(=O)C1=C(C)N(C)C(=S)N[C@@H]1c1ccc(OC(F)F)c(OCC)c1. The van der Waals surface area contributed by atoms with E-state index < -0.39 is 18.6 Å². The van der Waals surface area contributed by atoms with Gasteiger partial charge in [0.05, 0.1) is 24.8 Å². The largest absolute Gasteiger partial charge is 0.490 e. The van der Waals surface area contributed by atoms with E-state index in [0.717, 1.165) is 0 Å². The maximum atomic E-state index is 12.6. The zero-order valence-electron chi connectivity index (χ0n) is 15.5. The normalized spacial score (nSPS) is 17.1. The number of rotatable bonds is 7. The van der Waals surface area contributed by atoms with Crippen molar-refractivity contribution in [3.63, 3.8) is 0 Å². The minimum absolute atomic E-state index is 0.0792. The van der Waals surface area contributed by atoms with Crippen molar-refractivity contribution < 1.29 is 27.8 Å².